The lowest BCUT2D eigenvalue weighted by Gasteiger charge is -2.14. The number of hydrogen-bond donors (Lipinski definition) is 2. The Bertz CT molecular complexity index is 293. The number of hydrogen-bond acceptors (Lipinski definition) is 2. The first-order valence-corrected chi connectivity index (χ1v) is 6.08. The molecule has 0 radical (unpaired) electrons. The summed E-state index contributed by atoms with van der Waals surface area (Å²) in [6.45, 7) is 0. The van der Waals surface area contributed by atoms with E-state index < -0.39 is 0 Å². The van der Waals surface area contributed by atoms with Gasteiger partial charge in [-0.2, -0.15) is 0 Å². The molecule has 1 saturated carbocycles. The van der Waals surface area contributed by atoms with Gasteiger partial charge < -0.3 is 0 Å². The largest absolute Gasteiger partial charge is 0.271 e. The van der Waals surface area contributed by atoms with Gasteiger partial charge in [0.05, 0.1) is 0 Å². The molecule has 1 aliphatic carbocycles. The molecule has 0 amide bonds. The summed E-state index contributed by atoms with van der Waals surface area (Å²) < 4.78 is 1.29. The molecular weight excluding hydrogens is 287 g/mol. The van der Waals surface area contributed by atoms with Crippen molar-refractivity contribution in [3.05, 3.63) is 33.4 Å². The highest BCUT2D eigenvalue weighted by Gasteiger charge is 2.30. The van der Waals surface area contributed by atoms with Crippen LogP contribution < -0.4 is 11.3 Å². The van der Waals surface area contributed by atoms with Gasteiger partial charge in [-0.15, -0.1) is 0 Å². The van der Waals surface area contributed by atoms with E-state index in [1.807, 2.05) is 0 Å². The van der Waals surface area contributed by atoms with Gasteiger partial charge in [0.1, 0.15) is 0 Å². The van der Waals surface area contributed by atoms with Gasteiger partial charge in [-0.3, -0.25) is 11.3 Å². The van der Waals surface area contributed by atoms with Crippen LogP contribution in [0.1, 0.15) is 18.4 Å². The van der Waals surface area contributed by atoms with Crippen molar-refractivity contribution in [2.75, 3.05) is 0 Å². The Balaban J connectivity index is 1.98. The summed E-state index contributed by atoms with van der Waals surface area (Å²) in [4.78, 5) is 0. The summed E-state index contributed by atoms with van der Waals surface area (Å²) in [5.41, 5.74) is 4.30. The van der Waals surface area contributed by atoms with Crippen molar-refractivity contribution < 1.29 is 0 Å². The fraction of sp³-hybridized carbons (Fsp3) is 0.455. The highest BCUT2D eigenvalue weighted by atomic mass is 127. The molecule has 0 bridgehead atoms. The van der Waals surface area contributed by atoms with Crippen molar-refractivity contribution in [3.63, 3.8) is 0 Å². The first-order valence-electron chi connectivity index (χ1n) is 5.00. The third-order valence-electron chi connectivity index (χ3n) is 2.77. The van der Waals surface area contributed by atoms with Gasteiger partial charge in [0.2, 0.25) is 0 Å². The SMILES string of the molecule is NNC(Cc1ccc(I)cc1)C1CC1. The molecule has 2 nitrogen and oxygen atoms in total. The second kappa shape index (κ2) is 4.59. The van der Waals surface area contributed by atoms with Crippen LogP contribution in [0.3, 0.4) is 0 Å². The molecule has 1 unspecified atom stereocenters. The number of nitrogens with one attached hydrogen (secondary N) is 1. The van der Waals surface area contributed by atoms with Crippen LogP contribution in [0, 0.1) is 9.49 Å². The maximum absolute atomic E-state index is 5.54. The van der Waals surface area contributed by atoms with Crippen LogP contribution in [0.2, 0.25) is 0 Å². The van der Waals surface area contributed by atoms with Gasteiger partial charge in [0, 0.05) is 9.61 Å². The first kappa shape index (κ1) is 10.4. The third kappa shape index (κ3) is 2.68. The fourth-order valence-corrected chi connectivity index (χ4v) is 2.09. The molecule has 0 aromatic heterocycles. The lowest BCUT2D eigenvalue weighted by Crippen LogP contribution is -2.38. The van der Waals surface area contributed by atoms with Crippen molar-refractivity contribution in [1.82, 2.24) is 5.43 Å². The van der Waals surface area contributed by atoms with E-state index in [0.717, 1.165) is 12.3 Å². The fourth-order valence-electron chi connectivity index (χ4n) is 1.73. The molecule has 1 fully saturated rings. The quantitative estimate of drug-likeness (QED) is 0.508. The molecule has 1 aliphatic rings. The molecule has 0 spiro atoms. The predicted octanol–water partition coefficient (Wildman–Crippen LogP) is 2.08. The highest BCUT2D eigenvalue weighted by Crippen LogP contribution is 2.33. The zero-order valence-electron chi connectivity index (χ0n) is 8.04. The van der Waals surface area contributed by atoms with Crippen LogP contribution in [0.4, 0.5) is 0 Å². The standard InChI is InChI=1S/C11H15IN2/c12-10-5-1-8(2-6-10)7-11(14-13)9-3-4-9/h1-2,5-6,9,11,14H,3-4,7,13H2. The van der Waals surface area contributed by atoms with Crippen molar-refractivity contribution in [3.8, 4) is 0 Å². The Hall–Kier alpha value is -0.130. The maximum Gasteiger partial charge on any atom is 0.0279 e. The number of halogens is 1. The molecule has 2 rings (SSSR count). The topological polar surface area (TPSA) is 38.0 Å². The van der Waals surface area contributed by atoms with E-state index in [9.17, 15) is 0 Å². The molecule has 3 heteroatoms. The molecular formula is C11H15IN2. The lowest BCUT2D eigenvalue weighted by atomic mass is 10.0. The van der Waals surface area contributed by atoms with E-state index in [-0.39, 0.29) is 0 Å². The molecule has 0 saturated heterocycles. The van der Waals surface area contributed by atoms with Crippen LogP contribution in [0.25, 0.3) is 0 Å². The van der Waals surface area contributed by atoms with Gasteiger partial charge in [-0.05, 0) is 65.5 Å². The number of benzene rings is 1. The van der Waals surface area contributed by atoms with E-state index in [1.54, 1.807) is 0 Å². The van der Waals surface area contributed by atoms with E-state index >= 15 is 0 Å². The lowest BCUT2D eigenvalue weighted by molar-refractivity contribution is 0.472. The molecule has 0 heterocycles. The van der Waals surface area contributed by atoms with Crippen LogP contribution in [-0.2, 0) is 6.42 Å². The Kier molecular flexibility index (Phi) is 3.41. The van der Waals surface area contributed by atoms with Gasteiger partial charge in [-0.25, -0.2) is 0 Å². The number of hydrazine groups is 1. The average molecular weight is 302 g/mol. The molecule has 3 N–H and O–H groups in total. The van der Waals surface area contributed by atoms with Crippen molar-refractivity contribution in [1.29, 1.82) is 0 Å². The van der Waals surface area contributed by atoms with E-state index in [1.165, 1.54) is 22.0 Å². The first-order chi connectivity index (χ1) is 6.79. The van der Waals surface area contributed by atoms with Crippen molar-refractivity contribution >= 4 is 22.6 Å². The number of nitrogens with two attached hydrogens (primary N) is 1. The Morgan fingerprint density at radius 3 is 2.50 bits per heavy atom. The van der Waals surface area contributed by atoms with E-state index in [0.29, 0.717) is 6.04 Å². The number of rotatable bonds is 4. The predicted molar refractivity (Wildman–Crippen MR) is 66.7 cm³/mol. The molecule has 1 atom stereocenters. The van der Waals surface area contributed by atoms with E-state index in [2.05, 4.69) is 52.3 Å². The van der Waals surface area contributed by atoms with Gasteiger partial charge in [0.25, 0.3) is 0 Å². The van der Waals surface area contributed by atoms with E-state index in [4.69, 9.17) is 5.84 Å². The van der Waals surface area contributed by atoms with Gasteiger partial charge >= 0.3 is 0 Å². The van der Waals surface area contributed by atoms with Crippen LogP contribution in [0.15, 0.2) is 24.3 Å². The Morgan fingerprint density at radius 1 is 1.36 bits per heavy atom. The molecule has 1 aromatic rings. The van der Waals surface area contributed by atoms with Crippen LogP contribution >= 0.6 is 22.6 Å². The Labute approximate surface area is 98.4 Å². The van der Waals surface area contributed by atoms with Gasteiger partial charge in [-0.1, -0.05) is 12.1 Å². The summed E-state index contributed by atoms with van der Waals surface area (Å²) in [5, 5.41) is 0. The smallest absolute Gasteiger partial charge is 0.0279 e. The zero-order valence-corrected chi connectivity index (χ0v) is 10.2. The van der Waals surface area contributed by atoms with Crippen molar-refractivity contribution in [2.45, 2.75) is 25.3 Å². The van der Waals surface area contributed by atoms with Crippen LogP contribution in [-0.4, -0.2) is 6.04 Å². The minimum Gasteiger partial charge on any atom is -0.271 e. The highest BCUT2D eigenvalue weighted by molar-refractivity contribution is 14.1. The Morgan fingerprint density at radius 2 is 2.00 bits per heavy atom. The zero-order chi connectivity index (χ0) is 9.97. The summed E-state index contributed by atoms with van der Waals surface area (Å²) in [6.07, 6.45) is 3.72. The normalized spacial score (nSPS) is 18.1. The summed E-state index contributed by atoms with van der Waals surface area (Å²) in [5.74, 6) is 6.34. The summed E-state index contributed by atoms with van der Waals surface area (Å²) in [7, 11) is 0. The molecule has 14 heavy (non-hydrogen) atoms. The second-order valence-electron chi connectivity index (χ2n) is 3.94. The summed E-state index contributed by atoms with van der Waals surface area (Å²) >= 11 is 2.32. The molecule has 1 aromatic carbocycles. The van der Waals surface area contributed by atoms with Crippen LogP contribution in [0.5, 0.6) is 0 Å². The van der Waals surface area contributed by atoms with Crippen molar-refractivity contribution in [2.24, 2.45) is 11.8 Å². The van der Waals surface area contributed by atoms with Gasteiger partial charge in [0.15, 0.2) is 0 Å². The minimum atomic E-state index is 0.468. The maximum atomic E-state index is 5.54. The molecule has 76 valence electrons. The third-order valence-corrected chi connectivity index (χ3v) is 3.49. The monoisotopic (exact) mass is 302 g/mol. The second-order valence-corrected chi connectivity index (χ2v) is 5.19. The molecule has 0 aliphatic heterocycles. The summed E-state index contributed by atoms with van der Waals surface area (Å²) in [6, 6.07) is 9.14. The average Bonchev–Trinajstić information content (AvgIpc) is 3.01. The minimum absolute atomic E-state index is 0.468.